The average Bonchev–Trinajstić information content (AvgIpc) is 2.50. The highest BCUT2D eigenvalue weighted by Crippen LogP contribution is 2.11. The largest absolute Gasteiger partial charge is 0.457 e. The summed E-state index contributed by atoms with van der Waals surface area (Å²) in [6.07, 6.45) is 0.331. The van der Waals surface area contributed by atoms with Crippen LogP contribution < -0.4 is 5.73 Å². The predicted molar refractivity (Wildman–Crippen MR) is 50.4 cm³/mol. The number of nitrogens with two attached hydrogens (primary N) is 1. The SMILES string of the molecule is C=C(C)CC(=O)c1ccc(CN)o1. The summed E-state index contributed by atoms with van der Waals surface area (Å²) in [7, 11) is 0. The lowest BCUT2D eigenvalue weighted by molar-refractivity contribution is 0.0965. The lowest BCUT2D eigenvalue weighted by Gasteiger charge is -1.95. The topological polar surface area (TPSA) is 56.2 Å². The molecule has 1 aromatic heterocycles. The van der Waals surface area contributed by atoms with Crippen molar-refractivity contribution in [2.24, 2.45) is 5.73 Å². The molecule has 0 aliphatic carbocycles. The molecule has 0 atom stereocenters. The Morgan fingerprint density at radius 2 is 2.31 bits per heavy atom. The summed E-state index contributed by atoms with van der Waals surface area (Å²) in [5.74, 6) is 0.945. The molecule has 0 amide bonds. The van der Waals surface area contributed by atoms with Crippen LogP contribution in [0.25, 0.3) is 0 Å². The minimum atomic E-state index is -0.0489. The monoisotopic (exact) mass is 179 g/mol. The predicted octanol–water partition coefficient (Wildman–Crippen LogP) is 1.89. The van der Waals surface area contributed by atoms with Crippen molar-refractivity contribution in [2.75, 3.05) is 0 Å². The molecule has 0 saturated carbocycles. The number of ketones is 1. The molecule has 0 bridgehead atoms. The van der Waals surface area contributed by atoms with Gasteiger partial charge in [0.25, 0.3) is 0 Å². The first kappa shape index (κ1) is 9.74. The van der Waals surface area contributed by atoms with Gasteiger partial charge in [0.15, 0.2) is 5.76 Å². The normalized spacial score (nSPS) is 10.0. The summed E-state index contributed by atoms with van der Waals surface area (Å²) in [5, 5.41) is 0. The Morgan fingerprint density at radius 1 is 1.62 bits per heavy atom. The molecule has 13 heavy (non-hydrogen) atoms. The van der Waals surface area contributed by atoms with Gasteiger partial charge in [0.1, 0.15) is 5.76 Å². The van der Waals surface area contributed by atoms with Crippen molar-refractivity contribution in [3.63, 3.8) is 0 Å². The second kappa shape index (κ2) is 4.05. The van der Waals surface area contributed by atoms with Crippen LogP contribution in [0, 0.1) is 0 Å². The lowest BCUT2D eigenvalue weighted by Crippen LogP contribution is -1.97. The van der Waals surface area contributed by atoms with Gasteiger partial charge in [0, 0.05) is 6.42 Å². The van der Waals surface area contributed by atoms with E-state index in [-0.39, 0.29) is 5.78 Å². The van der Waals surface area contributed by atoms with E-state index < -0.39 is 0 Å². The van der Waals surface area contributed by atoms with E-state index >= 15 is 0 Å². The summed E-state index contributed by atoms with van der Waals surface area (Å²) in [5.41, 5.74) is 6.17. The van der Waals surface area contributed by atoms with Crippen LogP contribution >= 0.6 is 0 Å². The van der Waals surface area contributed by atoms with E-state index in [2.05, 4.69) is 6.58 Å². The van der Waals surface area contributed by atoms with Gasteiger partial charge in [-0.25, -0.2) is 0 Å². The van der Waals surface area contributed by atoms with E-state index in [0.717, 1.165) is 5.57 Å². The van der Waals surface area contributed by atoms with Gasteiger partial charge >= 0.3 is 0 Å². The summed E-state index contributed by atoms with van der Waals surface area (Å²) in [6.45, 7) is 5.79. The summed E-state index contributed by atoms with van der Waals surface area (Å²) >= 11 is 0. The molecular weight excluding hydrogens is 166 g/mol. The van der Waals surface area contributed by atoms with E-state index in [0.29, 0.717) is 24.5 Å². The third-order valence-corrected chi connectivity index (χ3v) is 1.60. The number of hydrogen-bond acceptors (Lipinski definition) is 3. The lowest BCUT2D eigenvalue weighted by atomic mass is 10.1. The van der Waals surface area contributed by atoms with Crippen LogP contribution in [0.1, 0.15) is 29.7 Å². The summed E-state index contributed by atoms with van der Waals surface area (Å²) in [4.78, 5) is 11.4. The molecule has 2 N–H and O–H groups in total. The molecule has 1 aromatic rings. The maximum atomic E-state index is 11.4. The molecule has 0 radical (unpaired) electrons. The van der Waals surface area contributed by atoms with Gasteiger partial charge < -0.3 is 10.2 Å². The Balaban J connectivity index is 2.71. The van der Waals surface area contributed by atoms with Crippen LogP contribution in [0.15, 0.2) is 28.7 Å². The number of carbonyl (C=O) groups excluding carboxylic acids is 1. The van der Waals surface area contributed by atoms with Crippen molar-refractivity contribution in [3.8, 4) is 0 Å². The number of allylic oxidation sites excluding steroid dienone is 1. The number of hydrogen-bond donors (Lipinski definition) is 1. The standard InChI is InChI=1S/C10H13NO2/c1-7(2)5-9(12)10-4-3-8(6-11)13-10/h3-4H,1,5-6,11H2,2H3. The molecule has 0 spiro atoms. The minimum absolute atomic E-state index is 0.0489. The molecule has 0 saturated heterocycles. The highest BCUT2D eigenvalue weighted by atomic mass is 16.3. The number of carbonyl (C=O) groups is 1. The molecular formula is C10H13NO2. The van der Waals surface area contributed by atoms with Crippen molar-refractivity contribution in [2.45, 2.75) is 19.9 Å². The van der Waals surface area contributed by atoms with Crippen LogP contribution in [-0.4, -0.2) is 5.78 Å². The van der Waals surface area contributed by atoms with Crippen LogP contribution in [-0.2, 0) is 6.54 Å². The number of Topliss-reactive ketones (excluding diaryl/α,β-unsaturated/α-hetero) is 1. The van der Waals surface area contributed by atoms with Gasteiger partial charge in [0.2, 0.25) is 5.78 Å². The van der Waals surface area contributed by atoms with Gasteiger partial charge in [-0.05, 0) is 19.1 Å². The zero-order chi connectivity index (χ0) is 9.84. The molecule has 1 rings (SSSR count). The maximum Gasteiger partial charge on any atom is 0.201 e. The van der Waals surface area contributed by atoms with Crippen molar-refractivity contribution in [1.29, 1.82) is 0 Å². The van der Waals surface area contributed by atoms with Crippen LogP contribution in [0.3, 0.4) is 0 Å². The zero-order valence-electron chi connectivity index (χ0n) is 7.67. The van der Waals surface area contributed by atoms with Gasteiger partial charge in [-0.2, -0.15) is 0 Å². The number of furan rings is 1. The van der Waals surface area contributed by atoms with Crippen LogP contribution in [0.5, 0.6) is 0 Å². The molecule has 0 fully saturated rings. The van der Waals surface area contributed by atoms with Gasteiger partial charge in [0.05, 0.1) is 6.54 Å². The third-order valence-electron chi connectivity index (χ3n) is 1.60. The van der Waals surface area contributed by atoms with Crippen molar-refractivity contribution in [3.05, 3.63) is 35.8 Å². The van der Waals surface area contributed by atoms with Gasteiger partial charge in [-0.15, -0.1) is 0 Å². The molecule has 70 valence electrons. The van der Waals surface area contributed by atoms with Crippen molar-refractivity contribution in [1.82, 2.24) is 0 Å². The molecule has 3 nitrogen and oxygen atoms in total. The van der Waals surface area contributed by atoms with E-state index in [1.165, 1.54) is 0 Å². The smallest absolute Gasteiger partial charge is 0.201 e. The van der Waals surface area contributed by atoms with E-state index in [9.17, 15) is 4.79 Å². The Labute approximate surface area is 77.2 Å². The highest BCUT2D eigenvalue weighted by Gasteiger charge is 2.10. The summed E-state index contributed by atoms with van der Waals surface area (Å²) in [6, 6.07) is 3.36. The molecule has 0 aliphatic rings. The fraction of sp³-hybridized carbons (Fsp3) is 0.300. The van der Waals surface area contributed by atoms with Gasteiger partial charge in [-0.3, -0.25) is 4.79 Å². The van der Waals surface area contributed by atoms with E-state index in [4.69, 9.17) is 10.2 Å². The molecule has 0 aromatic carbocycles. The first-order valence-corrected chi connectivity index (χ1v) is 4.10. The quantitative estimate of drug-likeness (QED) is 0.567. The minimum Gasteiger partial charge on any atom is -0.457 e. The second-order valence-corrected chi connectivity index (χ2v) is 3.03. The van der Waals surface area contributed by atoms with Crippen molar-refractivity contribution >= 4 is 5.78 Å². The molecule has 0 aliphatic heterocycles. The molecule has 3 heteroatoms. The Kier molecular flexibility index (Phi) is 3.03. The van der Waals surface area contributed by atoms with Gasteiger partial charge in [-0.1, -0.05) is 12.2 Å². The maximum absolute atomic E-state index is 11.4. The second-order valence-electron chi connectivity index (χ2n) is 3.03. The van der Waals surface area contributed by atoms with Crippen LogP contribution in [0.4, 0.5) is 0 Å². The third kappa shape index (κ3) is 2.56. The first-order valence-electron chi connectivity index (χ1n) is 4.10. The van der Waals surface area contributed by atoms with Crippen LogP contribution in [0.2, 0.25) is 0 Å². The average molecular weight is 179 g/mol. The Hall–Kier alpha value is -1.35. The fourth-order valence-corrected chi connectivity index (χ4v) is 0.999. The van der Waals surface area contributed by atoms with E-state index in [1.807, 2.05) is 6.92 Å². The number of rotatable bonds is 4. The highest BCUT2D eigenvalue weighted by molar-refractivity contribution is 5.94. The summed E-state index contributed by atoms with van der Waals surface area (Å²) < 4.78 is 5.18. The zero-order valence-corrected chi connectivity index (χ0v) is 7.67. The molecule has 0 unspecified atom stereocenters. The Bertz CT molecular complexity index is 325. The molecule has 1 heterocycles. The van der Waals surface area contributed by atoms with Crippen molar-refractivity contribution < 1.29 is 9.21 Å². The Morgan fingerprint density at radius 3 is 2.77 bits per heavy atom. The van der Waals surface area contributed by atoms with E-state index in [1.54, 1.807) is 12.1 Å². The fourth-order valence-electron chi connectivity index (χ4n) is 0.999. The first-order chi connectivity index (χ1) is 6.13.